The number of carboxylic acid groups (broad SMARTS) is 1. The van der Waals surface area contributed by atoms with E-state index in [1.165, 1.54) is 11.3 Å². The molecule has 2 saturated carbocycles. The lowest BCUT2D eigenvalue weighted by molar-refractivity contribution is -0.0640. The molecule has 0 amide bonds. The van der Waals surface area contributed by atoms with Crippen molar-refractivity contribution in [2.45, 2.75) is 69.7 Å². The molecule has 0 aliphatic heterocycles. The van der Waals surface area contributed by atoms with Crippen LogP contribution in [0.3, 0.4) is 0 Å². The summed E-state index contributed by atoms with van der Waals surface area (Å²) in [6.07, 6.45) is 4.49. The molecule has 4 aromatic rings. The Balaban J connectivity index is 1.18. The zero-order valence-electron chi connectivity index (χ0n) is 20.4. The van der Waals surface area contributed by atoms with E-state index in [-0.39, 0.29) is 11.7 Å². The SMILES string of the molecule is Cc1cccc(Cl)c1-c1noc(C2CC2)c1CO[C@H]1CC[C@](O)(c2nc3cccc(C(=O)O)c3s2)CC1. The minimum atomic E-state index is -1.09. The first-order valence-corrected chi connectivity index (χ1v) is 13.7. The molecule has 0 spiro atoms. The second kappa shape index (κ2) is 9.51. The first-order valence-electron chi connectivity index (χ1n) is 12.6. The van der Waals surface area contributed by atoms with Gasteiger partial charge in [-0.2, -0.15) is 0 Å². The summed E-state index contributed by atoms with van der Waals surface area (Å²) in [5.74, 6) is 0.287. The third kappa shape index (κ3) is 4.56. The highest BCUT2D eigenvalue weighted by atomic mass is 35.5. The number of aliphatic hydroxyl groups is 1. The van der Waals surface area contributed by atoms with Crippen LogP contribution in [0.2, 0.25) is 5.02 Å². The number of fused-ring (bicyclic) bond motifs is 1. The molecule has 37 heavy (non-hydrogen) atoms. The van der Waals surface area contributed by atoms with Crippen LogP contribution in [-0.2, 0) is 16.9 Å². The van der Waals surface area contributed by atoms with Gasteiger partial charge in [0.2, 0.25) is 0 Å². The Morgan fingerprint density at radius 3 is 2.65 bits per heavy atom. The molecule has 6 rings (SSSR count). The molecular weight excluding hydrogens is 512 g/mol. The van der Waals surface area contributed by atoms with Crippen LogP contribution in [0.15, 0.2) is 40.9 Å². The van der Waals surface area contributed by atoms with Gasteiger partial charge in [-0.15, -0.1) is 11.3 Å². The minimum absolute atomic E-state index is 0.0219. The molecule has 0 unspecified atom stereocenters. The van der Waals surface area contributed by atoms with Crippen LogP contribution in [0.1, 0.15) is 76.7 Å². The van der Waals surface area contributed by atoms with Gasteiger partial charge in [0.05, 0.1) is 33.5 Å². The number of carbonyl (C=O) groups is 1. The second-order valence-corrected chi connectivity index (χ2v) is 11.5. The Bertz CT molecular complexity index is 1460. The zero-order valence-corrected chi connectivity index (χ0v) is 21.9. The van der Waals surface area contributed by atoms with Gasteiger partial charge in [-0.1, -0.05) is 35.0 Å². The fourth-order valence-corrected chi connectivity index (χ4v) is 6.75. The molecule has 7 nitrogen and oxygen atoms in total. The van der Waals surface area contributed by atoms with E-state index >= 15 is 0 Å². The molecule has 0 atom stereocenters. The van der Waals surface area contributed by atoms with Gasteiger partial charge in [-0.25, -0.2) is 9.78 Å². The molecule has 0 saturated heterocycles. The van der Waals surface area contributed by atoms with Crippen LogP contribution in [-0.4, -0.2) is 32.4 Å². The molecule has 2 N–H and O–H groups in total. The molecule has 0 bridgehead atoms. The summed E-state index contributed by atoms with van der Waals surface area (Å²) in [5, 5.41) is 26.5. The highest BCUT2D eigenvalue weighted by Crippen LogP contribution is 2.46. The van der Waals surface area contributed by atoms with Crippen molar-refractivity contribution < 1.29 is 24.3 Å². The van der Waals surface area contributed by atoms with Crippen LogP contribution in [0.5, 0.6) is 0 Å². The molecule has 2 heterocycles. The summed E-state index contributed by atoms with van der Waals surface area (Å²) in [6.45, 7) is 2.39. The third-order valence-electron chi connectivity index (χ3n) is 7.49. The molecule has 2 aromatic heterocycles. The quantitative estimate of drug-likeness (QED) is 0.265. The van der Waals surface area contributed by atoms with Gasteiger partial charge in [0.1, 0.15) is 22.1 Å². The van der Waals surface area contributed by atoms with Crippen molar-refractivity contribution in [1.29, 1.82) is 0 Å². The molecular formula is C28H27ClN2O5S. The molecule has 9 heteroatoms. The van der Waals surface area contributed by atoms with Crippen LogP contribution in [0.4, 0.5) is 0 Å². The van der Waals surface area contributed by atoms with Crippen molar-refractivity contribution in [1.82, 2.24) is 10.1 Å². The van der Waals surface area contributed by atoms with E-state index in [0.29, 0.717) is 58.5 Å². The summed E-state index contributed by atoms with van der Waals surface area (Å²) in [6, 6.07) is 10.8. The average Bonchev–Trinajstić information content (AvgIpc) is 3.48. The van der Waals surface area contributed by atoms with Crippen molar-refractivity contribution in [3.63, 3.8) is 0 Å². The standard InChI is InChI=1S/C28H27ClN2O5S/c1-15-4-2-6-20(29)22(15)23-19(24(36-31-23)16-8-9-16)14-35-17-10-12-28(34,13-11-17)27-30-21-7-3-5-18(26(32)33)25(21)37-27/h2-7,16-17,34H,8-14H2,1H3,(H,32,33)/t17-,28+. The number of carboxylic acids is 1. The summed E-state index contributed by atoms with van der Waals surface area (Å²) in [4.78, 5) is 16.2. The fraction of sp³-hybridized carbons (Fsp3) is 0.393. The lowest BCUT2D eigenvalue weighted by Gasteiger charge is -2.34. The highest BCUT2D eigenvalue weighted by molar-refractivity contribution is 7.19. The summed E-state index contributed by atoms with van der Waals surface area (Å²) < 4.78 is 12.8. The van der Waals surface area contributed by atoms with E-state index in [9.17, 15) is 15.0 Å². The fourth-order valence-electron chi connectivity index (χ4n) is 5.22. The number of aromatic carboxylic acids is 1. The third-order valence-corrected chi connectivity index (χ3v) is 9.10. The van der Waals surface area contributed by atoms with Gasteiger partial charge in [0.25, 0.3) is 0 Å². The van der Waals surface area contributed by atoms with Crippen LogP contribution < -0.4 is 0 Å². The largest absolute Gasteiger partial charge is 0.478 e. The predicted molar refractivity (Wildman–Crippen MR) is 141 cm³/mol. The van der Waals surface area contributed by atoms with Gasteiger partial charge in [0.15, 0.2) is 0 Å². The van der Waals surface area contributed by atoms with Gasteiger partial charge in [-0.05, 0) is 69.2 Å². The number of aromatic nitrogens is 2. The normalized spacial score (nSPS) is 22.0. The van der Waals surface area contributed by atoms with E-state index in [1.54, 1.807) is 18.2 Å². The Hall–Kier alpha value is -2.78. The number of thiazole rings is 1. The average molecular weight is 539 g/mol. The summed E-state index contributed by atoms with van der Waals surface area (Å²) >= 11 is 7.82. The number of benzene rings is 2. The van der Waals surface area contributed by atoms with E-state index in [4.69, 9.17) is 20.9 Å². The van der Waals surface area contributed by atoms with Gasteiger partial charge >= 0.3 is 5.97 Å². The zero-order chi connectivity index (χ0) is 25.7. The lowest BCUT2D eigenvalue weighted by Crippen LogP contribution is -2.34. The van der Waals surface area contributed by atoms with E-state index in [0.717, 1.165) is 41.0 Å². The second-order valence-electron chi connectivity index (χ2n) is 10.1. The molecule has 192 valence electrons. The maximum absolute atomic E-state index is 11.6. The van der Waals surface area contributed by atoms with Crippen molar-refractivity contribution in [3.05, 3.63) is 68.9 Å². The first-order chi connectivity index (χ1) is 17.8. The molecule has 2 fully saturated rings. The molecule has 2 aromatic carbocycles. The van der Waals surface area contributed by atoms with Crippen molar-refractivity contribution in [2.75, 3.05) is 0 Å². The minimum Gasteiger partial charge on any atom is -0.478 e. The number of hydrogen-bond donors (Lipinski definition) is 2. The van der Waals surface area contributed by atoms with Crippen molar-refractivity contribution in [3.8, 4) is 11.3 Å². The number of aryl methyl sites for hydroxylation is 1. The van der Waals surface area contributed by atoms with E-state index in [1.807, 2.05) is 25.1 Å². The Morgan fingerprint density at radius 2 is 1.95 bits per heavy atom. The maximum Gasteiger partial charge on any atom is 0.337 e. The number of hydrogen-bond acceptors (Lipinski definition) is 7. The summed E-state index contributed by atoms with van der Waals surface area (Å²) in [7, 11) is 0. The number of rotatable bonds is 7. The Kier molecular flexibility index (Phi) is 6.31. The number of ether oxygens (including phenoxy) is 1. The first kappa shape index (κ1) is 24.6. The number of nitrogens with zero attached hydrogens (tertiary/aromatic N) is 2. The van der Waals surface area contributed by atoms with Gasteiger partial charge in [0, 0.05) is 17.0 Å². The smallest absolute Gasteiger partial charge is 0.337 e. The van der Waals surface area contributed by atoms with E-state index < -0.39 is 11.6 Å². The number of halogens is 1. The lowest BCUT2D eigenvalue weighted by atomic mass is 9.83. The molecule has 2 aliphatic carbocycles. The van der Waals surface area contributed by atoms with Crippen molar-refractivity contribution >= 4 is 39.1 Å². The maximum atomic E-state index is 11.6. The van der Waals surface area contributed by atoms with Crippen LogP contribution in [0, 0.1) is 6.92 Å². The monoisotopic (exact) mass is 538 g/mol. The topological polar surface area (TPSA) is 106 Å². The molecule has 0 radical (unpaired) electrons. The van der Waals surface area contributed by atoms with E-state index in [2.05, 4.69) is 10.1 Å². The Labute approximate surface area is 223 Å². The van der Waals surface area contributed by atoms with Gasteiger partial charge < -0.3 is 19.5 Å². The molecule has 2 aliphatic rings. The summed E-state index contributed by atoms with van der Waals surface area (Å²) in [5.41, 5.74) is 3.37. The van der Waals surface area contributed by atoms with Gasteiger partial charge in [-0.3, -0.25) is 0 Å². The van der Waals surface area contributed by atoms with Crippen molar-refractivity contribution in [2.24, 2.45) is 0 Å². The van der Waals surface area contributed by atoms with Crippen LogP contribution in [0.25, 0.3) is 21.5 Å². The van der Waals surface area contributed by atoms with Crippen LogP contribution >= 0.6 is 22.9 Å². The predicted octanol–water partition coefficient (Wildman–Crippen LogP) is 6.84. The highest BCUT2D eigenvalue weighted by Gasteiger charge is 2.39. The Morgan fingerprint density at radius 1 is 1.19 bits per heavy atom.